The van der Waals surface area contributed by atoms with E-state index < -0.39 is 5.97 Å². The number of carbonyl (C=O) groups excluding carboxylic acids is 2. The molecule has 1 aromatic carbocycles. The molecule has 0 unspecified atom stereocenters. The van der Waals surface area contributed by atoms with Crippen molar-refractivity contribution in [1.29, 1.82) is 0 Å². The van der Waals surface area contributed by atoms with Crippen molar-refractivity contribution < 1.29 is 14.3 Å². The van der Waals surface area contributed by atoms with Crippen LogP contribution in [-0.2, 0) is 9.53 Å². The number of methoxy groups -OCH3 is 1. The predicted octanol–water partition coefficient (Wildman–Crippen LogP) is 1.51. The first-order chi connectivity index (χ1) is 11.2. The molecule has 23 heavy (non-hydrogen) atoms. The summed E-state index contributed by atoms with van der Waals surface area (Å²) in [6, 6.07) is 8.36. The minimum absolute atomic E-state index is 0.169. The zero-order chi connectivity index (χ0) is 16.5. The lowest BCUT2D eigenvalue weighted by Gasteiger charge is -2.00. The van der Waals surface area contributed by atoms with Crippen LogP contribution < -0.4 is 5.43 Å². The zero-order valence-corrected chi connectivity index (χ0v) is 13.1. The number of hydrazone groups is 1. The van der Waals surface area contributed by atoms with Gasteiger partial charge in [0, 0.05) is 12.4 Å². The van der Waals surface area contributed by atoms with Crippen LogP contribution >= 0.6 is 11.8 Å². The van der Waals surface area contributed by atoms with Gasteiger partial charge in [-0.1, -0.05) is 23.9 Å². The van der Waals surface area contributed by atoms with Crippen molar-refractivity contribution in [3.63, 3.8) is 0 Å². The van der Waals surface area contributed by atoms with Crippen LogP contribution in [-0.4, -0.2) is 40.9 Å². The fourth-order valence-electron chi connectivity index (χ4n) is 1.52. The Kier molecular flexibility index (Phi) is 6.25. The van der Waals surface area contributed by atoms with Crippen LogP contribution in [0.4, 0.5) is 0 Å². The quantitative estimate of drug-likeness (QED) is 0.284. The van der Waals surface area contributed by atoms with E-state index in [1.165, 1.54) is 25.1 Å². The number of amides is 1. The Morgan fingerprint density at radius 3 is 2.61 bits per heavy atom. The van der Waals surface area contributed by atoms with Crippen LogP contribution in [0, 0.1) is 0 Å². The second-order valence-corrected chi connectivity index (χ2v) is 5.17. The molecule has 0 aliphatic carbocycles. The molecule has 1 heterocycles. The molecule has 8 heteroatoms. The lowest BCUT2D eigenvalue weighted by atomic mass is 10.1. The van der Waals surface area contributed by atoms with Crippen LogP contribution in [0.15, 0.2) is 53.0 Å². The maximum Gasteiger partial charge on any atom is 0.337 e. The van der Waals surface area contributed by atoms with E-state index in [4.69, 9.17) is 0 Å². The fraction of sp³-hybridized carbons (Fsp3) is 0.133. The molecule has 0 aliphatic rings. The first kappa shape index (κ1) is 16.6. The molecular formula is C15H14N4O3S. The topological polar surface area (TPSA) is 93.5 Å². The second kappa shape index (κ2) is 8.64. The number of thioether (sulfide) groups is 1. The molecule has 2 rings (SSSR count). The van der Waals surface area contributed by atoms with E-state index in [1.807, 2.05) is 0 Å². The van der Waals surface area contributed by atoms with Crippen LogP contribution in [0.3, 0.4) is 0 Å². The molecule has 0 radical (unpaired) electrons. The SMILES string of the molecule is COC(=O)c1ccc(/C=N\NC(=O)CSc2ncccn2)cc1. The van der Waals surface area contributed by atoms with Gasteiger partial charge in [-0.05, 0) is 23.8 Å². The van der Waals surface area contributed by atoms with E-state index in [0.29, 0.717) is 10.7 Å². The molecule has 0 fully saturated rings. The van der Waals surface area contributed by atoms with Crippen LogP contribution in [0.1, 0.15) is 15.9 Å². The Morgan fingerprint density at radius 2 is 1.96 bits per heavy atom. The van der Waals surface area contributed by atoms with Gasteiger partial charge in [0.05, 0.1) is 24.6 Å². The Morgan fingerprint density at radius 1 is 1.26 bits per heavy atom. The van der Waals surface area contributed by atoms with Crippen molar-refractivity contribution in [2.45, 2.75) is 5.16 Å². The molecule has 2 aromatic rings. The highest BCUT2D eigenvalue weighted by molar-refractivity contribution is 7.99. The van der Waals surface area contributed by atoms with Crippen molar-refractivity contribution in [2.75, 3.05) is 12.9 Å². The van der Waals surface area contributed by atoms with Crippen molar-refractivity contribution in [2.24, 2.45) is 5.10 Å². The van der Waals surface area contributed by atoms with E-state index in [9.17, 15) is 9.59 Å². The fourth-order valence-corrected chi connectivity index (χ4v) is 2.12. The monoisotopic (exact) mass is 330 g/mol. The molecule has 0 bridgehead atoms. The molecule has 0 spiro atoms. The Bertz CT molecular complexity index is 690. The maximum atomic E-state index is 11.6. The van der Waals surface area contributed by atoms with Gasteiger partial charge < -0.3 is 4.74 Å². The van der Waals surface area contributed by atoms with E-state index in [1.54, 1.807) is 42.7 Å². The normalized spacial score (nSPS) is 10.5. The minimum Gasteiger partial charge on any atom is -0.465 e. The number of nitrogens with zero attached hydrogens (tertiary/aromatic N) is 3. The third-order valence-electron chi connectivity index (χ3n) is 2.61. The number of benzene rings is 1. The molecule has 1 aromatic heterocycles. The lowest BCUT2D eigenvalue weighted by molar-refractivity contribution is -0.118. The summed E-state index contributed by atoms with van der Waals surface area (Å²) in [5.41, 5.74) is 3.61. The highest BCUT2D eigenvalue weighted by Crippen LogP contribution is 2.09. The van der Waals surface area contributed by atoms with Gasteiger partial charge in [0.1, 0.15) is 0 Å². The third-order valence-corrected chi connectivity index (χ3v) is 3.48. The molecular weight excluding hydrogens is 316 g/mol. The van der Waals surface area contributed by atoms with Crippen molar-refractivity contribution in [3.05, 3.63) is 53.9 Å². The Hall–Kier alpha value is -2.74. The zero-order valence-electron chi connectivity index (χ0n) is 12.3. The van der Waals surface area contributed by atoms with Crippen LogP contribution in [0.5, 0.6) is 0 Å². The van der Waals surface area contributed by atoms with Gasteiger partial charge in [-0.2, -0.15) is 5.10 Å². The molecule has 1 N–H and O–H groups in total. The summed E-state index contributed by atoms with van der Waals surface area (Å²) in [5, 5.41) is 4.39. The van der Waals surface area contributed by atoms with E-state index in [-0.39, 0.29) is 11.7 Å². The number of hydrogen-bond donors (Lipinski definition) is 1. The molecule has 0 saturated heterocycles. The summed E-state index contributed by atoms with van der Waals surface area (Å²) in [4.78, 5) is 30.9. The standard InChI is InChI=1S/C15H14N4O3S/c1-22-14(21)12-5-3-11(4-6-12)9-18-19-13(20)10-23-15-16-7-2-8-17-15/h2-9H,10H2,1H3,(H,19,20)/b18-9-. The number of esters is 1. The van der Waals surface area contributed by atoms with Gasteiger partial charge in [-0.15, -0.1) is 0 Å². The first-order valence-corrected chi connectivity index (χ1v) is 7.57. The summed E-state index contributed by atoms with van der Waals surface area (Å²) < 4.78 is 4.61. The average molecular weight is 330 g/mol. The summed E-state index contributed by atoms with van der Waals surface area (Å²) in [5.74, 6) is -0.491. The lowest BCUT2D eigenvalue weighted by Crippen LogP contribution is -2.19. The Balaban J connectivity index is 1.79. The number of hydrogen-bond acceptors (Lipinski definition) is 7. The molecule has 118 valence electrons. The smallest absolute Gasteiger partial charge is 0.337 e. The first-order valence-electron chi connectivity index (χ1n) is 6.59. The molecule has 0 atom stereocenters. The molecule has 0 aliphatic heterocycles. The average Bonchev–Trinajstić information content (AvgIpc) is 2.61. The van der Waals surface area contributed by atoms with Crippen LogP contribution in [0.2, 0.25) is 0 Å². The summed E-state index contributed by atoms with van der Waals surface area (Å²) in [6.07, 6.45) is 4.72. The number of ether oxygens (including phenoxy) is 1. The molecule has 0 saturated carbocycles. The minimum atomic E-state index is -0.401. The summed E-state index contributed by atoms with van der Waals surface area (Å²) in [7, 11) is 1.33. The molecule has 1 amide bonds. The van der Waals surface area contributed by atoms with E-state index in [2.05, 4.69) is 25.2 Å². The molecule has 7 nitrogen and oxygen atoms in total. The van der Waals surface area contributed by atoms with Crippen molar-refractivity contribution in [1.82, 2.24) is 15.4 Å². The Labute approximate surface area is 137 Å². The third kappa shape index (κ3) is 5.51. The maximum absolute atomic E-state index is 11.6. The van der Waals surface area contributed by atoms with Gasteiger partial charge in [0.25, 0.3) is 5.91 Å². The van der Waals surface area contributed by atoms with Gasteiger partial charge in [-0.3, -0.25) is 4.79 Å². The number of nitrogens with one attached hydrogen (secondary N) is 1. The highest BCUT2D eigenvalue weighted by Gasteiger charge is 2.04. The largest absolute Gasteiger partial charge is 0.465 e. The van der Waals surface area contributed by atoms with E-state index >= 15 is 0 Å². The predicted molar refractivity (Wildman–Crippen MR) is 86.3 cm³/mol. The van der Waals surface area contributed by atoms with Crippen molar-refractivity contribution >= 4 is 29.9 Å². The van der Waals surface area contributed by atoms with Crippen LogP contribution in [0.25, 0.3) is 0 Å². The van der Waals surface area contributed by atoms with E-state index in [0.717, 1.165) is 5.56 Å². The summed E-state index contributed by atoms with van der Waals surface area (Å²) >= 11 is 1.22. The number of aromatic nitrogens is 2. The van der Waals surface area contributed by atoms with Gasteiger partial charge in [-0.25, -0.2) is 20.2 Å². The van der Waals surface area contributed by atoms with Gasteiger partial charge >= 0.3 is 5.97 Å². The number of rotatable bonds is 6. The highest BCUT2D eigenvalue weighted by atomic mass is 32.2. The number of carbonyl (C=O) groups is 2. The van der Waals surface area contributed by atoms with Crippen molar-refractivity contribution in [3.8, 4) is 0 Å². The second-order valence-electron chi connectivity index (χ2n) is 4.23. The van der Waals surface area contributed by atoms with Gasteiger partial charge in [0.2, 0.25) is 0 Å². The summed E-state index contributed by atoms with van der Waals surface area (Å²) in [6.45, 7) is 0. The van der Waals surface area contributed by atoms with Gasteiger partial charge in [0.15, 0.2) is 5.16 Å².